The van der Waals surface area contributed by atoms with Gasteiger partial charge in [-0.15, -0.1) is 0 Å². The molecule has 2 atom stereocenters. The molecule has 0 radical (unpaired) electrons. The Morgan fingerprint density at radius 3 is 1.71 bits per heavy atom. The number of hydrogen-bond acceptors (Lipinski definition) is 7. The molecule has 2 unspecified atom stereocenters. The van der Waals surface area contributed by atoms with Gasteiger partial charge in [0.1, 0.15) is 17.4 Å². The Morgan fingerprint density at radius 1 is 0.789 bits per heavy atom. The van der Waals surface area contributed by atoms with Crippen LogP contribution in [0.15, 0.2) is 78.9 Å². The number of ether oxygens (including phenoxy) is 3. The maximum Gasteiger partial charge on any atom is 0.323 e. The van der Waals surface area contributed by atoms with Crippen molar-refractivity contribution in [3.05, 3.63) is 84.4 Å². The highest BCUT2D eigenvalue weighted by Gasteiger charge is 2.44. The van der Waals surface area contributed by atoms with Gasteiger partial charge < -0.3 is 24.8 Å². The Hall–Kier alpha value is -4.84. The van der Waals surface area contributed by atoms with Gasteiger partial charge in [-0.25, -0.2) is 0 Å². The fourth-order valence-corrected chi connectivity index (χ4v) is 4.13. The van der Waals surface area contributed by atoms with E-state index in [1.54, 1.807) is 85.8 Å². The third-order valence-corrected chi connectivity index (χ3v) is 5.88. The Balaban J connectivity index is 2.14. The molecule has 0 aliphatic heterocycles. The van der Waals surface area contributed by atoms with Crippen molar-refractivity contribution in [3.8, 4) is 17.6 Å². The maximum atomic E-state index is 13.9. The molecule has 3 rings (SSSR count). The zero-order valence-electron chi connectivity index (χ0n) is 21.3. The van der Waals surface area contributed by atoms with Crippen LogP contribution < -0.4 is 20.1 Å². The number of anilines is 2. The summed E-state index contributed by atoms with van der Waals surface area (Å²) in [4.78, 5) is 40.6. The molecule has 196 valence electrons. The SMILES string of the molecule is CCOC(=O)C(C#N)C(c1ccccc1)C(C(=O)Nc1ccccc1OC)C(=O)Nc1ccccc1OC. The van der Waals surface area contributed by atoms with E-state index in [0.29, 0.717) is 28.4 Å². The maximum absolute atomic E-state index is 13.9. The van der Waals surface area contributed by atoms with Crippen LogP contribution in [-0.4, -0.2) is 38.6 Å². The molecule has 0 bridgehead atoms. The van der Waals surface area contributed by atoms with E-state index in [2.05, 4.69) is 10.6 Å². The highest BCUT2D eigenvalue weighted by atomic mass is 16.5. The average Bonchev–Trinajstić information content (AvgIpc) is 2.94. The Bertz CT molecular complexity index is 1240. The minimum absolute atomic E-state index is 0.0318. The Kier molecular flexibility index (Phi) is 9.83. The second-order valence-corrected chi connectivity index (χ2v) is 8.15. The first-order chi connectivity index (χ1) is 18.4. The number of amides is 2. The van der Waals surface area contributed by atoms with Crippen LogP contribution >= 0.6 is 0 Å². The number of nitrogens with one attached hydrogen (secondary N) is 2. The van der Waals surface area contributed by atoms with Crippen molar-refractivity contribution >= 4 is 29.2 Å². The summed E-state index contributed by atoms with van der Waals surface area (Å²) in [6.45, 7) is 1.65. The average molecular weight is 516 g/mol. The van der Waals surface area contributed by atoms with E-state index >= 15 is 0 Å². The molecule has 0 aromatic heterocycles. The molecule has 38 heavy (non-hydrogen) atoms. The van der Waals surface area contributed by atoms with E-state index in [4.69, 9.17) is 14.2 Å². The van der Waals surface area contributed by atoms with Gasteiger partial charge in [0, 0.05) is 5.92 Å². The lowest BCUT2D eigenvalue weighted by Crippen LogP contribution is -2.42. The van der Waals surface area contributed by atoms with Gasteiger partial charge in [-0.3, -0.25) is 14.4 Å². The van der Waals surface area contributed by atoms with Crippen LogP contribution in [0.1, 0.15) is 18.4 Å². The third kappa shape index (κ3) is 6.48. The number of methoxy groups -OCH3 is 2. The molecule has 3 aromatic carbocycles. The number of carbonyl (C=O) groups is 3. The zero-order chi connectivity index (χ0) is 27.5. The van der Waals surface area contributed by atoms with Gasteiger partial charge in [0.2, 0.25) is 11.8 Å². The van der Waals surface area contributed by atoms with Crippen LogP contribution in [0, 0.1) is 23.2 Å². The molecule has 0 heterocycles. The second-order valence-electron chi connectivity index (χ2n) is 8.15. The summed E-state index contributed by atoms with van der Waals surface area (Å²) in [5.41, 5.74) is 1.10. The largest absolute Gasteiger partial charge is 0.495 e. The molecule has 2 N–H and O–H groups in total. The standard InChI is InChI=1S/C29H29N3O6/c1-4-38-29(35)20(18-30)25(19-12-6-5-7-13-19)26(27(33)31-21-14-8-10-16-23(21)36-2)28(34)32-22-15-9-11-17-24(22)37-3/h5-17,20,25-26H,4H2,1-3H3,(H,31,33)(H,32,34). The van der Waals surface area contributed by atoms with Gasteiger partial charge in [0.25, 0.3) is 0 Å². The number of carbonyl (C=O) groups excluding carboxylic acids is 3. The fraction of sp³-hybridized carbons (Fsp3) is 0.241. The summed E-state index contributed by atoms with van der Waals surface area (Å²) >= 11 is 0. The van der Waals surface area contributed by atoms with Crippen molar-refractivity contribution in [3.63, 3.8) is 0 Å². The summed E-state index contributed by atoms with van der Waals surface area (Å²) in [5.74, 6) is -5.70. The fourth-order valence-electron chi connectivity index (χ4n) is 4.13. The number of benzene rings is 3. The van der Waals surface area contributed by atoms with Crippen molar-refractivity contribution in [2.24, 2.45) is 11.8 Å². The molecule has 3 aromatic rings. The van der Waals surface area contributed by atoms with Crippen LogP contribution in [0.4, 0.5) is 11.4 Å². The van der Waals surface area contributed by atoms with Crippen LogP contribution in [-0.2, 0) is 19.1 Å². The summed E-state index contributed by atoms with van der Waals surface area (Å²) in [6.07, 6.45) is 0. The topological polar surface area (TPSA) is 127 Å². The molecule has 0 saturated carbocycles. The number of hydrogen-bond donors (Lipinski definition) is 2. The van der Waals surface area contributed by atoms with Crippen molar-refractivity contribution < 1.29 is 28.6 Å². The summed E-state index contributed by atoms with van der Waals surface area (Å²) in [7, 11) is 2.91. The predicted molar refractivity (Wildman–Crippen MR) is 142 cm³/mol. The lowest BCUT2D eigenvalue weighted by Gasteiger charge is -2.29. The van der Waals surface area contributed by atoms with E-state index in [9.17, 15) is 19.6 Å². The van der Waals surface area contributed by atoms with Crippen LogP contribution in [0.5, 0.6) is 11.5 Å². The van der Waals surface area contributed by atoms with E-state index in [1.807, 2.05) is 6.07 Å². The van der Waals surface area contributed by atoms with Crippen LogP contribution in [0.25, 0.3) is 0 Å². The molecule has 0 aliphatic rings. The van der Waals surface area contributed by atoms with Crippen molar-refractivity contribution in [2.45, 2.75) is 12.8 Å². The molecule has 2 amide bonds. The second kappa shape index (κ2) is 13.5. The van der Waals surface area contributed by atoms with Crippen LogP contribution in [0.2, 0.25) is 0 Å². The van der Waals surface area contributed by atoms with Gasteiger partial charge >= 0.3 is 5.97 Å². The van der Waals surface area contributed by atoms with E-state index < -0.39 is 35.5 Å². The zero-order valence-corrected chi connectivity index (χ0v) is 21.3. The highest BCUT2D eigenvalue weighted by molar-refractivity contribution is 6.12. The lowest BCUT2D eigenvalue weighted by molar-refractivity contribution is -0.147. The van der Waals surface area contributed by atoms with Gasteiger partial charge in [-0.1, -0.05) is 54.6 Å². The number of nitrogens with zero attached hydrogens (tertiary/aromatic N) is 1. The lowest BCUT2D eigenvalue weighted by atomic mass is 9.76. The minimum atomic E-state index is -1.53. The Morgan fingerprint density at radius 2 is 1.26 bits per heavy atom. The number of para-hydroxylation sites is 4. The first-order valence-electron chi connectivity index (χ1n) is 11.9. The van der Waals surface area contributed by atoms with E-state index in [0.717, 1.165) is 0 Å². The minimum Gasteiger partial charge on any atom is -0.495 e. The van der Waals surface area contributed by atoms with E-state index in [1.165, 1.54) is 14.2 Å². The summed E-state index contributed by atoms with van der Waals surface area (Å²) in [5, 5.41) is 15.5. The monoisotopic (exact) mass is 515 g/mol. The first-order valence-corrected chi connectivity index (χ1v) is 11.9. The van der Waals surface area contributed by atoms with Gasteiger partial charge in [0.05, 0.1) is 38.3 Å². The first kappa shape index (κ1) is 27.7. The summed E-state index contributed by atoms with van der Waals surface area (Å²) in [6, 6.07) is 23.9. The normalized spacial score (nSPS) is 12.0. The Labute approximate surface area is 221 Å². The van der Waals surface area contributed by atoms with Crippen molar-refractivity contribution in [1.29, 1.82) is 5.26 Å². The number of rotatable bonds is 11. The highest BCUT2D eigenvalue weighted by Crippen LogP contribution is 2.36. The van der Waals surface area contributed by atoms with E-state index in [-0.39, 0.29) is 6.61 Å². The van der Waals surface area contributed by atoms with Gasteiger partial charge in [0.15, 0.2) is 5.92 Å². The molecule has 0 spiro atoms. The third-order valence-electron chi connectivity index (χ3n) is 5.88. The summed E-state index contributed by atoms with van der Waals surface area (Å²) < 4.78 is 15.8. The smallest absolute Gasteiger partial charge is 0.323 e. The molecular formula is C29H29N3O6. The quantitative estimate of drug-likeness (QED) is 0.287. The predicted octanol–water partition coefficient (Wildman–Crippen LogP) is 4.38. The van der Waals surface area contributed by atoms with Gasteiger partial charge in [-0.2, -0.15) is 5.26 Å². The van der Waals surface area contributed by atoms with Crippen molar-refractivity contribution in [1.82, 2.24) is 0 Å². The van der Waals surface area contributed by atoms with Crippen molar-refractivity contribution in [2.75, 3.05) is 31.5 Å². The molecular weight excluding hydrogens is 486 g/mol. The number of nitriles is 1. The molecule has 0 saturated heterocycles. The van der Waals surface area contributed by atoms with Crippen LogP contribution in [0.3, 0.4) is 0 Å². The molecule has 0 fully saturated rings. The van der Waals surface area contributed by atoms with Gasteiger partial charge in [-0.05, 0) is 36.8 Å². The number of esters is 1. The molecule has 0 aliphatic carbocycles. The molecule has 9 nitrogen and oxygen atoms in total. The molecule has 9 heteroatoms.